The summed E-state index contributed by atoms with van der Waals surface area (Å²) in [6.07, 6.45) is 7.06. The molecule has 2 atom stereocenters. The van der Waals surface area contributed by atoms with Crippen LogP contribution in [0.15, 0.2) is 18.3 Å². The average molecular weight is 294 g/mol. The number of aliphatic hydroxyl groups excluding tert-OH is 1. The number of pyridine rings is 1. The molecule has 2 rings (SSSR count). The van der Waals surface area contributed by atoms with E-state index in [1.165, 1.54) is 44.4 Å². The highest BCUT2D eigenvalue weighted by Crippen LogP contribution is 2.26. The van der Waals surface area contributed by atoms with E-state index < -0.39 is 6.10 Å². The van der Waals surface area contributed by atoms with E-state index in [9.17, 15) is 9.50 Å². The van der Waals surface area contributed by atoms with Crippen LogP contribution in [0.3, 0.4) is 0 Å². The first kappa shape index (κ1) is 16.4. The molecule has 4 heteroatoms. The summed E-state index contributed by atoms with van der Waals surface area (Å²) in [6, 6.07) is 3.59. The summed E-state index contributed by atoms with van der Waals surface area (Å²) in [5, 5.41) is 10.4. The standard InChI is InChI=1S/C17H27FN2O/c1-3-20(15-7-5-4-6-8-15)12-13(2)17(21)16-10-9-14(18)11-19-16/h9-11,13,15,17,21H,3-8,12H2,1-2H3. The predicted octanol–water partition coefficient (Wildman–Crippen LogP) is 3.54. The van der Waals surface area contributed by atoms with Crippen molar-refractivity contribution in [3.8, 4) is 0 Å². The van der Waals surface area contributed by atoms with Crippen molar-refractivity contribution in [3.63, 3.8) is 0 Å². The molecule has 0 saturated heterocycles. The fourth-order valence-corrected chi connectivity index (χ4v) is 3.31. The predicted molar refractivity (Wildman–Crippen MR) is 82.4 cm³/mol. The Labute approximate surface area is 127 Å². The number of hydrogen-bond donors (Lipinski definition) is 1. The van der Waals surface area contributed by atoms with Crippen molar-refractivity contribution in [2.75, 3.05) is 13.1 Å². The molecule has 1 saturated carbocycles. The zero-order chi connectivity index (χ0) is 15.2. The van der Waals surface area contributed by atoms with Gasteiger partial charge in [-0.1, -0.05) is 33.1 Å². The first-order chi connectivity index (χ1) is 10.1. The molecule has 21 heavy (non-hydrogen) atoms. The molecule has 0 spiro atoms. The summed E-state index contributed by atoms with van der Waals surface area (Å²) in [5.74, 6) is -0.277. The van der Waals surface area contributed by atoms with Gasteiger partial charge in [-0.05, 0) is 31.5 Å². The maximum atomic E-state index is 12.9. The Morgan fingerprint density at radius 3 is 2.62 bits per heavy atom. The van der Waals surface area contributed by atoms with Crippen LogP contribution in [0.25, 0.3) is 0 Å². The van der Waals surface area contributed by atoms with Crippen molar-refractivity contribution in [2.45, 2.75) is 58.1 Å². The van der Waals surface area contributed by atoms with Crippen LogP contribution in [0, 0.1) is 11.7 Å². The molecule has 1 heterocycles. The van der Waals surface area contributed by atoms with Gasteiger partial charge < -0.3 is 10.0 Å². The van der Waals surface area contributed by atoms with Gasteiger partial charge in [-0.25, -0.2) is 4.39 Å². The summed E-state index contributed by atoms with van der Waals surface area (Å²) in [7, 11) is 0. The lowest BCUT2D eigenvalue weighted by Gasteiger charge is -2.36. The Morgan fingerprint density at radius 2 is 2.05 bits per heavy atom. The maximum absolute atomic E-state index is 12.9. The molecule has 1 N–H and O–H groups in total. The molecule has 1 aromatic heterocycles. The molecule has 1 fully saturated rings. The van der Waals surface area contributed by atoms with Crippen LogP contribution >= 0.6 is 0 Å². The van der Waals surface area contributed by atoms with Gasteiger partial charge in [-0.3, -0.25) is 4.98 Å². The third-order valence-corrected chi connectivity index (χ3v) is 4.61. The van der Waals surface area contributed by atoms with Crippen LogP contribution in [0.1, 0.15) is 57.7 Å². The summed E-state index contributed by atoms with van der Waals surface area (Å²) in [4.78, 5) is 6.48. The van der Waals surface area contributed by atoms with Gasteiger partial charge in [0.1, 0.15) is 5.82 Å². The molecule has 1 aliphatic rings. The fourth-order valence-electron chi connectivity index (χ4n) is 3.31. The zero-order valence-electron chi connectivity index (χ0n) is 13.1. The van der Waals surface area contributed by atoms with Gasteiger partial charge >= 0.3 is 0 Å². The lowest BCUT2D eigenvalue weighted by atomic mass is 9.92. The van der Waals surface area contributed by atoms with E-state index in [0.29, 0.717) is 11.7 Å². The minimum absolute atomic E-state index is 0.0878. The van der Waals surface area contributed by atoms with E-state index in [4.69, 9.17) is 0 Å². The second-order valence-corrected chi connectivity index (χ2v) is 6.20. The molecule has 118 valence electrons. The summed E-state index contributed by atoms with van der Waals surface area (Å²) in [6.45, 7) is 6.10. The van der Waals surface area contributed by atoms with Crippen molar-refractivity contribution >= 4 is 0 Å². The Kier molecular flexibility index (Phi) is 6.12. The molecule has 0 aliphatic heterocycles. The highest BCUT2D eigenvalue weighted by Gasteiger charge is 2.25. The number of aromatic nitrogens is 1. The van der Waals surface area contributed by atoms with Crippen LogP contribution in [-0.4, -0.2) is 34.1 Å². The van der Waals surface area contributed by atoms with E-state index >= 15 is 0 Å². The molecule has 3 nitrogen and oxygen atoms in total. The number of nitrogens with zero attached hydrogens (tertiary/aromatic N) is 2. The van der Waals surface area contributed by atoms with Crippen LogP contribution < -0.4 is 0 Å². The molecule has 0 radical (unpaired) electrons. The van der Waals surface area contributed by atoms with E-state index in [0.717, 1.165) is 13.1 Å². The van der Waals surface area contributed by atoms with Gasteiger partial charge in [-0.15, -0.1) is 0 Å². The highest BCUT2D eigenvalue weighted by molar-refractivity contribution is 5.09. The van der Waals surface area contributed by atoms with Crippen LogP contribution in [0.2, 0.25) is 0 Å². The highest BCUT2D eigenvalue weighted by atomic mass is 19.1. The van der Waals surface area contributed by atoms with Gasteiger partial charge in [0.25, 0.3) is 0 Å². The molecule has 1 aliphatic carbocycles. The smallest absolute Gasteiger partial charge is 0.141 e. The minimum atomic E-state index is -0.636. The van der Waals surface area contributed by atoms with Gasteiger partial charge in [0.15, 0.2) is 0 Å². The monoisotopic (exact) mass is 294 g/mol. The second kappa shape index (κ2) is 7.85. The van der Waals surface area contributed by atoms with E-state index in [-0.39, 0.29) is 11.7 Å². The first-order valence-electron chi connectivity index (χ1n) is 8.15. The molecule has 0 bridgehead atoms. The Hall–Kier alpha value is -1.00. The third kappa shape index (κ3) is 4.48. The topological polar surface area (TPSA) is 36.4 Å². The first-order valence-corrected chi connectivity index (χ1v) is 8.15. The van der Waals surface area contributed by atoms with E-state index in [1.54, 1.807) is 6.07 Å². The third-order valence-electron chi connectivity index (χ3n) is 4.61. The van der Waals surface area contributed by atoms with Crippen molar-refractivity contribution in [1.82, 2.24) is 9.88 Å². The van der Waals surface area contributed by atoms with Gasteiger partial charge in [0, 0.05) is 18.5 Å². The Bertz CT molecular complexity index is 417. The number of hydrogen-bond acceptors (Lipinski definition) is 3. The van der Waals surface area contributed by atoms with Crippen molar-refractivity contribution in [3.05, 3.63) is 29.8 Å². The number of aliphatic hydroxyl groups is 1. The SMILES string of the molecule is CCN(CC(C)C(O)c1ccc(F)cn1)C1CCCCC1. The lowest BCUT2D eigenvalue weighted by molar-refractivity contribution is 0.0642. The molecule has 0 aromatic carbocycles. The molecular weight excluding hydrogens is 267 g/mol. The Morgan fingerprint density at radius 1 is 1.33 bits per heavy atom. The molecule has 0 amide bonds. The quantitative estimate of drug-likeness (QED) is 0.871. The fraction of sp³-hybridized carbons (Fsp3) is 0.706. The van der Waals surface area contributed by atoms with Crippen molar-refractivity contribution in [2.24, 2.45) is 5.92 Å². The van der Waals surface area contributed by atoms with Crippen LogP contribution in [0.5, 0.6) is 0 Å². The van der Waals surface area contributed by atoms with Crippen LogP contribution in [0.4, 0.5) is 4.39 Å². The maximum Gasteiger partial charge on any atom is 0.141 e. The Balaban J connectivity index is 1.94. The number of rotatable bonds is 6. The molecule has 2 unspecified atom stereocenters. The van der Waals surface area contributed by atoms with Crippen LogP contribution in [-0.2, 0) is 0 Å². The van der Waals surface area contributed by atoms with Gasteiger partial charge in [0.05, 0.1) is 18.0 Å². The van der Waals surface area contributed by atoms with Gasteiger partial charge in [0.2, 0.25) is 0 Å². The summed E-state index contributed by atoms with van der Waals surface area (Å²) >= 11 is 0. The van der Waals surface area contributed by atoms with Crippen molar-refractivity contribution < 1.29 is 9.50 Å². The molecule has 1 aromatic rings. The normalized spacial score (nSPS) is 19.7. The minimum Gasteiger partial charge on any atom is -0.386 e. The largest absolute Gasteiger partial charge is 0.386 e. The number of halogens is 1. The second-order valence-electron chi connectivity index (χ2n) is 6.20. The summed E-state index contributed by atoms with van der Waals surface area (Å²) < 4.78 is 12.9. The van der Waals surface area contributed by atoms with Crippen molar-refractivity contribution in [1.29, 1.82) is 0 Å². The van der Waals surface area contributed by atoms with E-state index in [2.05, 4.69) is 16.8 Å². The molecular formula is C17H27FN2O. The summed E-state index contributed by atoms with van der Waals surface area (Å²) in [5.41, 5.74) is 0.559. The van der Waals surface area contributed by atoms with E-state index in [1.807, 2.05) is 6.92 Å². The van der Waals surface area contributed by atoms with Gasteiger partial charge in [-0.2, -0.15) is 0 Å². The average Bonchev–Trinajstić information content (AvgIpc) is 2.53. The lowest BCUT2D eigenvalue weighted by Crippen LogP contribution is -2.40. The zero-order valence-corrected chi connectivity index (χ0v) is 13.1.